The minimum absolute atomic E-state index is 0.801. The van der Waals surface area contributed by atoms with Crippen molar-refractivity contribution in [2.24, 2.45) is 0 Å². The van der Waals surface area contributed by atoms with Crippen molar-refractivity contribution < 1.29 is 14.4 Å². The van der Waals surface area contributed by atoms with E-state index in [0.29, 0.717) is 0 Å². The predicted molar refractivity (Wildman–Crippen MR) is 116 cm³/mol. The molecule has 0 fully saturated rings. The third-order valence-electron chi connectivity index (χ3n) is 4.59. The van der Waals surface area contributed by atoms with E-state index in [2.05, 4.69) is 31.7 Å². The Hall–Kier alpha value is -0.570. The molecule has 7 nitrogen and oxygen atoms in total. The summed E-state index contributed by atoms with van der Waals surface area (Å²) < 4.78 is 5.87. The summed E-state index contributed by atoms with van der Waals surface area (Å²) in [5.41, 5.74) is 0. The van der Waals surface area contributed by atoms with Gasteiger partial charge in [0.05, 0.1) is 25.7 Å². The number of thiol groups is 1. The molecule has 8 heteroatoms. The summed E-state index contributed by atoms with van der Waals surface area (Å²) in [6, 6.07) is 0. The molecule has 0 rings (SSSR count). The van der Waals surface area contributed by atoms with E-state index < -0.39 is 5.09 Å². The first-order valence-electron chi connectivity index (χ1n) is 10.4. The Bertz CT molecular complexity index is 317. The average molecular weight is 410 g/mol. The predicted octanol–water partition coefficient (Wildman–Crippen LogP) is 5.28. The maximum Gasteiger partial charge on any atom is 0.0965 e. The van der Waals surface area contributed by atoms with Crippen molar-refractivity contribution in [3.05, 3.63) is 15.3 Å². The lowest BCUT2D eigenvalue weighted by Crippen LogP contribution is -2.47. The minimum Gasteiger partial charge on any atom is -0.385 e. The third-order valence-corrected chi connectivity index (χ3v) is 5.13. The smallest absolute Gasteiger partial charge is 0.0965 e. The van der Waals surface area contributed by atoms with Gasteiger partial charge in [-0.05, 0) is 32.1 Å². The highest BCUT2D eigenvalue weighted by Crippen LogP contribution is 2.13. The van der Waals surface area contributed by atoms with E-state index in [1.807, 2.05) is 0 Å². The van der Waals surface area contributed by atoms with Crippen molar-refractivity contribution in [1.29, 1.82) is 0 Å². The maximum atomic E-state index is 8.25. The number of rotatable bonds is 18. The fourth-order valence-electron chi connectivity index (χ4n) is 2.92. The topological polar surface area (TPSA) is 87.5 Å². The highest BCUT2D eigenvalue weighted by molar-refractivity contribution is 7.77. The summed E-state index contributed by atoms with van der Waals surface area (Å²) in [6.45, 7) is 2.10. The van der Waals surface area contributed by atoms with Gasteiger partial charge in [0.25, 0.3) is 0 Å². The number of nitrogens with one attached hydrogen (secondary N) is 1. The van der Waals surface area contributed by atoms with E-state index in [1.54, 1.807) is 7.11 Å². The van der Waals surface area contributed by atoms with Crippen LogP contribution in [0, 0.1) is 15.3 Å². The molecule has 27 heavy (non-hydrogen) atoms. The van der Waals surface area contributed by atoms with Crippen LogP contribution in [0.15, 0.2) is 0 Å². The molecule has 0 aliphatic heterocycles. The van der Waals surface area contributed by atoms with Crippen LogP contribution in [0.4, 0.5) is 0 Å². The zero-order chi connectivity index (χ0) is 20.8. The molecule has 0 unspecified atom stereocenters. The molecule has 0 radical (unpaired) electrons. The number of nitrogens with zero attached hydrogens (tertiary/aromatic N) is 2. The first-order valence-corrected chi connectivity index (χ1v) is 10.8. The lowest BCUT2D eigenvalue weighted by atomic mass is 10.0. The second-order valence-corrected chi connectivity index (χ2v) is 7.87. The monoisotopic (exact) mass is 409 g/mol. The fourth-order valence-corrected chi connectivity index (χ4v) is 3.02. The van der Waals surface area contributed by atoms with Gasteiger partial charge in [0.2, 0.25) is 0 Å². The first kappa shape index (κ1) is 28.6. The van der Waals surface area contributed by atoms with Crippen LogP contribution in [0.5, 0.6) is 0 Å². The molecule has 0 atom stereocenters. The van der Waals surface area contributed by atoms with Gasteiger partial charge in [-0.25, -0.2) is 4.59 Å². The summed E-state index contributed by atoms with van der Waals surface area (Å²) in [6.07, 6.45) is 19.5. The van der Waals surface area contributed by atoms with Crippen molar-refractivity contribution in [3.63, 3.8) is 0 Å². The van der Waals surface area contributed by atoms with E-state index in [-0.39, 0.29) is 0 Å². The van der Waals surface area contributed by atoms with Gasteiger partial charge >= 0.3 is 0 Å². The lowest BCUT2D eigenvalue weighted by molar-refractivity contribution is -0.918. The average Bonchev–Trinajstić information content (AvgIpc) is 2.61. The summed E-state index contributed by atoms with van der Waals surface area (Å²) in [5.74, 6) is 0. The van der Waals surface area contributed by atoms with Gasteiger partial charge < -0.3 is 20.1 Å². The number of quaternary nitrogens is 1. The van der Waals surface area contributed by atoms with Crippen LogP contribution in [0.2, 0.25) is 0 Å². The van der Waals surface area contributed by atoms with E-state index in [0.717, 1.165) is 17.7 Å². The van der Waals surface area contributed by atoms with Crippen molar-refractivity contribution in [2.45, 2.75) is 89.9 Å². The molecule has 0 aliphatic carbocycles. The zero-order valence-corrected chi connectivity index (χ0v) is 18.7. The molecule has 0 aromatic rings. The quantitative estimate of drug-likeness (QED) is 0.106. The highest BCUT2D eigenvalue weighted by atomic mass is 32.1. The summed E-state index contributed by atoms with van der Waals surface area (Å²) in [7, 11) is 6.11. The Kier molecular flexibility index (Phi) is 23.0. The number of hydrogen-bond donors (Lipinski definition) is 2. The minimum atomic E-state index is -1.75. The second-order valence-electron chi connectivity index (χ2n) is 7.67. The summed E-state index contributed by atoms with van der Waals surface area (Å²) >= 11 is 4.15. The van der Waals surface area contributed by atoms with Gasteiger partial charge in [-0.3, -0.25) is 0 Å². The number of methoxy groups -OCH3 is 1. The molecule has 0 saturated carbocycles. The number of hydrogen-bond acceptors (Lipinski definition) is 6. The van der Waals surface area contributed by atoms with E-state index >= 15 is 0 Å². The van der Waals surface area contributed by atoms with Crippen molar-refractivity contribution in [2.75, 3.05) is 34.4 Å². The highest BCUT2D eigenvalue weighted by Gasteiger charge is 2.10. The van der Waals surface area contributed by atoms with Crippen LogP contribution in [0.3, 0.4) is 0 Å². The van der Waals surface area contributed by atoms with Crippen LogP contribution in [-0.2, 0) is 4.74 Å². The molecule has 0 spiro atoms. The van der Waals surface area contributed by atoms with Gasteiger partial charge in [-0.1, -0.05) is 70.6 Å². The van der Waals surface area contributed by atoms with Crippen LogP contribution >= 0.6 is 12.8 Å². The molecular weight excluding hydrogens is 366 g/mol. The van der Waals surface area contributed by atoms with Gasteiger partial charge in [-0.15, -0.1) is 4.83 Å². The second kappa shape index (κ2) is 21.7. The Morgan fingerprint density at radius 1 is 0.778 bits per heavy atom. The molecule has 0 amide bonds. The molecule has 0 saturated heterocycles. The fraction of sp³-hybridized carbons (Fsp3) is 1.00. The molecule has 1 N–H and O–H groups in total. The standard InChI is InChI=1S/C19H43N2OS.NO3/c1-21(2,20-23)18-16-14-12-10-8-6-4-5-7-9-11-13-15-17-19-22-3;2-1(3)4/h20,23H,4-19H2,1-3H3;/q+1;-1. The molecule has 164 valence electrons. The van der Waals surface area contributed by atoms with Crippen molar-refractivity contribution in [1.82, 2.24) is 4.83 Å². The molecular formula is C19H43N3O4S. The van der Waals surface area contributed by atoms with Gasteiger partial charge in [-0.2, -0.15) is 0 Å². The third kappa shape index (κ3) is 30.4. The van der Waals surface area contributed by atoms with Crippen LogP contribution in [0.1, 0.15) is 89.9 Å². The lowest BCUT2D eigenvalue weighted by Gasteiger charge is -2.26. The van der Waals surface area contributed by atoms with Gasteiger partial charge in [0, 0.05) is 13.7 Å². The van der Waals surface area contributed by atoms with Crippen molar-refractivity contribution in [3.8, 4) is 0 Å². The van der Waals surface area contributed by atoms with Crippen LogP contribution in [-0.4, -0.2) is 44.0 Å². The number of unbranched alkanes of at least 4 members (excludes halogenated alkanes) is 13. The first-order chi connectivity index (χ1) is 12.9. The van der Waals surface area contributed by atoms with E-state index in [4.69, 9.17) is 20.1 Å². The molecule has 0 aromatic heterocycles. The molecule has 0 bridgehead atoms. The molecule has 0 heterocycles. The van der Waals surface area contributed by atoms with Crippen LogP contribution in [0.25, 0.3) is 0 Å². The summed E-state index contributed by atoms with van der Waals surface area (Å²) in [5, 5.41) is 14.8. The number of ether oxygens (including phenoxy) is 1. The van der Waals surface area contributed by atoms with Crippen molar-refractivity contribution >= 4 is 12.8 Å². The molecule has 0 aliphatic rings. The van der Waals surface area contributed by atoms with Gasteiger partial charge in [0.15, 0.2) is 0 Å². The summed E-state index contributed by atoms with van der Waals surface area (Å²) in [4.78, 5) is 11.3. The van der Waals surface area contributed by atoms with Gasteiger partial charge in [0.1, 0.15) is 0 Å². The van der Waals surface area contributed by atoms with Crippen LogP contribution < -0.4 is 4.83 Å². The normalized spacial score (nSPS) is 11.1. The SMILES string of the molecule is COCCCCCCCCCCCCCCCC[N+](C)(C)NS.O=[N+]([O-])[O-]. The maximum absolute atomic E-state index is 8.25. The Labute approximate surface area is 172 Å². The largest absolute Gasteiger partial charge is 0.385 e. The Morgan fingerprint density at radius 2 is 1.07 bits per heavy atom. The Balaban J connectivity index is 0. The molecule has 0 aromatic carbocycles. The van der Waals surface area contributed by atoms with E-state index in [1.165, 1.54) is 89.9 Å². The van der Waals surface area contributed by atoms with E-state index in [9.17, 15) is 0 Å². The Morgan fingerprint density at radius 3 is 1.37 bits per heavy atom. The zero-order valence-electron chi connectivity index (χ0n) is 17.8.